The minimum absolute atomic E-state index is 0.370. The summed E-state index contributed by atoms with van der Waals surface area (Å²) >= 11 is 0. The van der Waals surface area contributed by atoms with Crippen LogP contribution in [-0.2, 0) is 7.05 Å². The summed E-state index contributed by atoms with van der Waals surface area (Å²) in [6.07, 6.45) is 1.53. The van der Waals surface area contributed by atoms with Crippen LogP contribution in [0.5, 0.6) is 0 Å². The molecule has 4 nitrogen and oxygen atoms in total. The van der Waals surface area contributed by atoms with E-state index in [2.05, 4.69) is 5.10 Å². The average molecular weight is 231 g/mol. The van der Waals surface area contributed by atoms with E-state index in [4.69, 9.17) is 10.2 Å². The van der Waals surface area contributed by atoms with E-state index in [0.29, 0.717) is 22.7 Å². The number of benzene rings is 1. The molecule has 2 aromatic heterocycles. The van der Waals surface area contributed by atoms with Gasteiger partial charge in [-0.2, -0.15) is 5.10 Å². The number of aromatic nitrogens is 2. The Kier molecular flexibility index (Phi) is 1.95. The van der Waals surface area contributed by atoms with Gasteiger partial charge >= 0.3 is 0 Å². The molecule has 0 unspecified atom stereocenters. The van der Waals surface area contributed by atoms with Gasteiger partial charge in [0.25, 0.3) is 0 Å². The van der Waals surface area contributed by atoms with Gasteiger partial charge in [-0.25, -0.2) is 4.39 Å². The Morgan fingerprint density at radius 3 is 2.88 bits per heavy atom. The Morgan fingerprint density at radius 1 is 1.35 bits per heavy atom. The molecule has 0 amide bonds. The molecule has 2 heterocycles. The Balaban J connectivity index is 2.25. The highest BCUT2D eigenvalue weighted by Crippen LogP contribution is 2.28. The summed E-state index contributed by atoms with van der Waals surface area (Å²) in [7, 11) is 1.72. The molecule has 0 aliphatic rings. The van der Waals surface area contributed by atoms with Gasteiger partial charge in [-0.3, -0.25) is 4.68 Å². The molecule has 0 radical (unpaired) electrons. The van der Waals surface area contributed by atoms with Crippen LogP contribution in [0.2, 0.25) is 0 Å². The van der Waals surface area contributed by atoms with E-state index in [1.807, 2.05) is 0 Å². The Hall–Kier alpha value is -2.30. The normalized spacial score (nSPS) is 11.2. The van der Waals surface area contributed by atoms with Gasteiger partial charge in [-0.1, -0.05) is 0 Å². The Bertz CT molecular complexity index is 679. The van der Waals surface area contributed by atoms with Gasteiger partial charge in [0.05, 0.1) is 12.0 Å². The highest BCUT2D eigenvalue weighted by Gasteiger charge is 2.12. The number of nitrogens with zero attached hydrogens (tertiary/aromatic N) is 2. The molecular formula is C12H10FN3O. The molecule has 17 heavy (non-hydrogen) atoms. The van der Waals surface area contributed by atoms with Crippen molar-refractivity contribution in [3.63, 3.8) is 0 Å². The molecule has 0 aliphatic heterocycles. The molecule has 0 fully saturated rings. The van der Waals surface area contributed by atoms with Crippen LogP contribution in [0, 0.1) is 5.82 Å². The van der Waals surface area contributed by atoms with Gasteiger partial charge in [0.2, 0.25) is 0 Å². The molecule has 0 atom stereocenters. The van der Waals surface area contributed by atoms with E-state index >= 15 is 0 Å². The first-order chi connectivity index (χ1) is 8.15. The maximum atomic E-state index is 13.9. The molecule has 0 saturated heterocycles. The van der Waals surface area contributed by atoms with Gasteiger partial charge in [0.1, 0.15) is 17.2 Å². The lowest BCUT2D eigenvalue weighted by Crippen LogP contribution is -1.96. The third-order valence-corrected chi connectivity index (χ3v) is 2.73. The minimum Gasteiger partial charge on any atom is -0.464 e. The summed E-state index contributed by atoms with van der Waals surface area (Å²) in [6.45, 7) is 0. The SMILES string of the molecule is Cn1nc(-c2cc3ccoc3cc2F)cc1N. The molecule has 3 rings (SSSR count). The third-order valence-electron chi connectivity index (χ3n) is 2.73. The lowest BCUT2D eigenvalue weighted by Gasteiger charge is -1.99. The van der Waals surface area contributed by atoms with Crippen LogP contribution in [-0.4, -0.2) is 9.78 Å². The van der Waals surface area contributed by atoms with Crippen molar-refractivity contribution in [1.82, 2.24) is 9.78 Å². The number of anilines is 1. The summed E-state index contributed by atoms with van der Waals surface area (Å²) in [5.41, 5.74) is 7.14. The summed E-state index contributed by atoms with van der Waals surface area (Å²) < 4.78 is 20.5. The molecule has 5 heteroatoms. The first-order valence-corrected chi connectivity index (χ1v) is 5.12. The quantitative estimate of drug-likeness (QED) is 0.700. The van der Waals surface area contributed by atoms with E-state index in [0.717, 1.165) is 5.39 Å². The van der Waals surface area contributed by atoms with E-state index in [-0.39, 0.29) is 5.82 Å². The minimum atomic E-state index is -0.370. The zero-order valence-electron chi connectivity index (χ0n) is 9.14. The second-order valence-electron chi connectivity index (χ2n) is 3.87. The molecule has 2 N–H and O–H groups in total. The van der Waals surface area contributed by atoms with Crippen molar-refractivity contribution in [2.75, 3.05) is 5.73 Å². The molecular weight excluding hydrogens is 221 g/mol. The molecule has 86 valence electrons. The summed E-state index contributed by atoms with van der Waals surface area (Å²) in [5.74, 6) is 0.122. The fourth-order valence-electron chi connectivity index (χ4n) is 1.79. The number of hydrogen-bond donors (Lipinski definition) is 1. The van der Waals surface area contributed by atoms with Crippen molar-refractivity contribution in [2.45, 2.75) is 0 Å². The highest BCUT2D eigenvalue weighted by molar-refractivity contribution is 5.83. The standard InChI is InChI=1S/C12H10FN3O/c1-16-12(14)6-10(15-16)8-4-7-2-3-17-11(7)5-9(8)13/h2-6H,14H2,1H3. The van der Waals surface area contributed by atoms with E-state index in [9.17, 15) is 4.39 Å². The van der Waals surface area contributed by atoms with Gasteiger partial charge in [-0.15, -0.1) is 0 Å². The van der Waals surface area contributed by atoms with Crippen LogP contribution in [0.3, 0.4) is 0 Å². The highest BCUT2D eigenvalue weighted by atomic mass is 19.1. The molecule has 0 saturated carbocycles. The predicted octanol–water partition coefficient (Wildman–Crippen LogP) is 2.55. The lowest BCUT2D eigenvalue weighted by molar-refractivity contribution is 0.600. The first kappa shape index (κ1) is 9.89. The molecule has 0 aliphatic carbocycles. The van der Waals surface area contributed by atoms with Crippen LogP contribution in [0.1, 0.15) is 0 Å². The smallest absolute Gasteiger partial charge is 0.136 e. The van der Waals surface area contributed by atoms with Crippen LogP contribution >= 0.6 is 0 Å². The maximum absolute atomic E-state index is 13.9. The molecule has 0 spiro atoms. The predicted molar refractivity (Wildman–Crippen MR) is 62.8 cm³/mol. The first-order valence-electron chi connectivity index (χ1n) is 5.12. The number of hydrogen-bond acceptors (Lipinski definition) is 3. The maximum Gasteiger partial charge on any atom is 0.136 e. The van der Waals surface area contributed by atoms with Crippen molar-refractivity contribution < 1.29 is 8.81 Å². The fraction of sp³-hybridized carbons (Fsp3) is 0.0833. The zero-order chi connectivity index (χ0) is 12.0. The van der Waals surface area contributed by atoms with Crippen LogP contribution < -0.4 is 5.73 Å². The van der Waals surface area contributed by atoms with Crippen LogP contribution in [0.15, 0.2) is 34.9 Å². The van der Waals surface area contributed by atoms with Gasteiger partial charge in [-0.05, 0) is 12.1 Å². The largest absolute Gasteiger partial charge is 0.464 e. The van der Waals surface area contributed by atoms with Gasteiger partial charge < -0.3 is 10.2 Å². The number of aryl methyl sites for hydroxylation is 1. The van der Waals surface area contributed by atoms with Crippen molar-refractivity contribution in [3.8, 4) is 11.3 Å². The summed E-state index contributed by atoms with van der Waals surface area (Å²) in [5, 5.41) is 4.99. The van der Waals surface area contributed by atoms with E-state index in [1.54, 1.807) is 25.2 Å². The van der Waals surface area contributed by atoms with E-state index in [1.165, 1.54) is 17.0 Å². The van der Waals surface area contributed by atoms with Crippen molar-refractivity contribution in [1.29, 1.82) is 0 Å². The molecule has 0 bridgehead atoms. The number of rotatable bonds is 1. The zero-order valence-corrected chi connectivity index (χ0v) is 9.14. The average Bonchev–Trinajstić information content (AvgIpc) is 2.85. The van der Waals surface area contributed by atoms with Crippen LogP contribution in [0.25, 0.3) is 22.2 Å². The second kappa shape index (κ2) is 3.35. The van der Waals surface area contributed by atoms with Crippen molar-refractivity contribution in [2.24, 2.45) is 7.05 Å². The third kappa shape index (κ3) is 1.47. The van der Waals surface area contributed by atoms with Crippen molar-refractivity contribution >= 4 is 16.8 Å². The van der Waals surface area contributed by atoms with E-state index < -0.39 is 0 Å². The van der Waals surface area contributed by atoms with Crippen LogP contribution in [0.4, 0.5) is 10.2 Å². The molecule has 1 aromatic carbocycles. The Morgan fingerprint density at radius 2 is 2.18 bits per heavy atom. The lowest BCUT2D eigenvalue weighted by atomic mass is 10.1. The topological polar surface area (TPSA) is 57.0 Å². The monoisotopic (exact) mass is 231 g/mol. The number of nitrogen functional groups attached to an aromatic ring is 1. The summed E-state index contributed by atoms with van der Waals surface area (Å²) in [4.78, 5) is 0. The Labute approximate surface area is 96.4 Å². The second-order valence-corrected chi connectivity index (χ2v) is 3.87. The summed E-state index contributed by atoms with van der Waals surface area (Å²) in [6, 6.07) is 6.49. The van der Waals surface area contributed by atoms with Gasteiger partial charge in [0.15, 0.2) is 0 Å². The van der Waals surface area contributed by atoms with Gasteiger partial charge in [0, 0.05) is 30.1 Å². The number of fused-ring (bicyclic) bond motifs is 1. The number of nitrogens with two attached hydrogens (primary N) is 1. The number of furan rings is 1. The number of halogens is 1. The molecule has 3 aromatic rings. The fourth-order valence-corrected chi connectivity index (χ4v) is 1.79. The van der Waals surface area contributed by atoms with Crippen molar-refractivity contribution in [3.05, 3.63) is 36.3 Å².